The number of halogens is 1. The van der Waals surface area contributed by atoms with E-state index in [9.17, 15) is 0 Å². The molecule has 1 aliphatic rings. The van der Waals surface area contributed by atoms with Crippen LogP contribution in [-0.4, -0.2) is 6.10 Å². The maximum atomic E-state index is 6.37. The minimum absolute atomic E-state index is 0.101. The largest absolute Gasteiger partial charge is 0.490 e. The molecule has 3 rings (SSSR count). The topological polar surface area (TPSA) is 35.2 Å². The molecule has 2 nitrogen and oxygen atoms in total. The van der Waals surface area contributed by atoms with Crippen LogP contribution in [0.4, 0.5) is 0 Å². The smallest absolute Gasteiger partial charge is 0.120 e. The zero-order chi connectivity index (χ0) is 13.2. The molecule has 0 saturated heterocycles. The van der Waals surface area contributed by atoms with Crippen LogP contribution in [-0.2, 0) is 0 Å². The summed E-state index contributed by atoms with van der Waals surface area (Å²) in [6.45, 7) is 0. The molecule has 1 fully saturated rings. The van der Waals surface area contributed by atoms with Crippen LogP contribution >= 0.6 is 22.6 Å². The Balaban J connectivity index is 1.86. The van der Waals surface area contributed by atoms with E-state index in [4.69, 9.17) is 10.5 Å². The first-order chi connectivity index (χ1) is 9.24. The normalized spacial score (nSPS) is 16.1. The van der Waals surface area contributed by atoms with Gasteiger partial charge in [-0.3, -0.25) is 0 Å². The zero-order valence-electron chi connectivity index (χ0n) is 10.6. The highest BCUT2D eigenvalue weighted by Gasteiger charge is 2.23. The summed E-state index contributed by atoms with van der Waals surface area (Å²) in [6, 6.07) is 16.3. The van der Waals surface area contributed by atoms with Crippen LogP contribution in [0.15, 0.2) is 48.5 Å². The number of rotatable bonds is 4. The molecule has 98 valence electrons. The van der Waals surface area contributed by atoms with Crippen LogP contribution in [0.25, 0.3) is 0 Å². The molecule has 19 heavy (non-hydrogen) atoms. The quantitative estimate of drug-likeness (QED) is 0.835. The maximum absolute atomic E-state index is 6.37. The highest BCUT2D eigenvalue weighted by molar-refractivity contribution is 14.1. The van der Waals surface area contributed by atoms with Gasteiger partial charge in [-0.05, 0) is 64.8 Å². The van der Waals surface area contributed by atoms with E-state index in [0.717, 1.165) is 16.9 Å². The molecule has 0 aromatic heterocycles. The molecule has 1 atom stereocenters. The van der Waals surface area contributed by atoms with Gasteiger partial charge in [0, 0.05) is 3.57 Å². The molecular weight excluding hydrogens is 349 g/mol. The summed E-state index contributed by atoms with van der Waals surface area (Å²) in [7, 11) is 0. The molecule has 1 unspecified atom stereocenters. The molecule has 0 amide bonds. The highest BCUT2D eigenvalue weighted by Crippen LogP contribution is 2.30. The van der Waals surface area contributed by atoms with Crippen LogP contribution in [0.2, 0.25) is 0 Å². The van der Waals surface area contributed by atoms with E-state index in [0.29, 0.717) is 6.10 Å². The molecule has 1 aliphatic carbocycles. The monoisotopic (exact) mass is 365 g/mol. The lowest BCUT2D eigenvalue weighted by Crippen LogP contribution is -2.13. The third-order valence-corrected chi connectivity index (χ3v) is 4.27. The maximum Gasteiger partial charge on any atom is 0.120 e. The summed E-state index contributed by atoms with van der Waals surface area (Å²) in [6.07, 6.45) is 2.77. The lowest BCUT2D eigenvalue weighted by Gasteiger charge is -2.15. The van der Waals surface area contributed by atoms with Crippen molar-refractivity contribution < 1.29 is 4.74 Å². The number of benzene rings is 2. The zero-order valence-corrected chi connectivity index (χ0v) is 12.7. The Hall–Kier alpha value is -1.07. The third kappa shape index (κ3) is 3.09. The van der Waals surface area contributed by atoms with Gasteiger partial charge in [0.25, 0.3) is 0 Å². The van der Waals surface area contributed by atoms with Gasteiger partial charge in [0.15, 0.2) is 0 Å². The first kappa shape index (κ1) is 12.9. The van der Waals surface area contributed by atoms with Crippen LogP contribution < -0.4 is 10.5 Å². The molecular formula is C16H16INO. The first-order valence-corrected chi connectivity index (χ1v) is 7.58. The first-order valence-electron chi connectivity index (χ1n) is 6.50. The average Bonchev–Trinajstić information content (AvgIpc) is 3.23. The summed E-state index contributed by atoms with van der Waals surface area (Å²) >= 11 is 2.33. The van der Waals surface area contributed by atoms with Crippen molar-refractivity contribution in [3.8, 4) is 5.75 Å². The SMILES string of the molecule is NC(c1cccc(OC2CC2)c1)c1ccccc1I. The van der Waals surface area contributed by atoms with E-state index in [1.807, 2.05) is 24.3 Å². The third-order valence-electron chi connectivity index (χ3n) is 3.28. The van der Waals surface area contributed by atoms with Gasteiger partial charge in [0.05, 0.1) is 12.1 Å². The molecule has 1 saturated carbocycles. The van der Waals surface area contributed by atoms with Crippen molar-refractivity contribution in [2.75, 3.05) is 0 Å². The fraction of sp³-hybridized carbons (Fsp3) is 0.250. The second-order valence-electron chi connectivity index (χ2n) is 4.89. The Morgan fingerprint density at radius 2 is 1.89 bits per heavy atom. The van der Waals surface area contributed by atoms with E-state index >= 15 is 0 Å². The summed E-state index contributed by atoms with van der Waals surface area (Å²) in [5.74, 6) is 0.932. The van der Waals surface area contributed by atoms with Crippen molar-refractivity contribution in [2.45, 2.75) is 25.0 Å². The van der Waals surface area contributed by atoms with Gasteiger partial charge in [0.1, 0.15) is 5.75 Å². The average molecular weight is 365 g/mol. The van der Waals surface area contributed by atoms with Gasteiger partial charge in [-0.2, -0.15) is 0 Å². The fourth-order valence-corrected chi connectivity index (χ4v) is 2.79. The van der Waals surface area contributed by atoms with E-state index < -0.39 is 0 Å². The predicted molar refractivity (Wildman–Crippen MR) is 85.3 cm³/mol. The molecule has 2 aromatic carbocycles. The Labute approximate surface area is 127 Å². The summed E-state index contributed by atoms with van der Waals surface area (Å²) < 4.78 is 7.02. The molecule has 0 spiro atoms. The van der Waals surface area contributed by atoms with Crippen LogP contribution in [0.5, 0.6) is 5.75 Å². The van der Waals surface area contributed by atoms with Crippen molar-refractivity contribution in [3.05, 3.63) is 63.2 Å². The molecule has 0 bridgehead atoms. The lowest BCUT2D eigenvalue weighted by atomic mass is 9.99. The van der Waals surface area contributed by atoms with Crippen LogP contribution in [0.1, 0.15) is 30.0 Å². The molecule has 0 aliphatic heterocycles. The Kier molecular flexibility index (Phi) is 3.75. The van der Waals surface area contributed by atoms with Gasteiger partial charge in [0.2, 0.25) is 0 Å². The standard InChI is InChI=1S/C16H16INO/c17-15-7-2-1-6-14(15)16(18)11-4-3-5-13(10-11)19-12-8-9-12/h1-7,10,12,16H,8-9,18H2. The Bertz CT molecular complexity index is 580. The van der Waals surface area contributed by atoms with Crippen LogP contribution in [0, 0.1) is 3.57 Å². The fourth-order valence-electron chi connectivity index (χ4n) is 2.07. The van der Waals surface area contributed by atoms with E-state index in [1.165, 1.54) is 16.4 Å². The van der Waals surface area contributed by atoms with Crippen molar-refractivity contribution in [1.29, 1.82) is 0 Å². The second kappa shape index (κ2) is 5.51. The van der Waals surface area contributed by atoms with Gasteiger partial charge < -0.3 is 10.5 Å². The number of hydrogen-bond acceptors (Lipinski definition) is 2. The van der Waals surface area contributed by atoms with Crippen molar-refractivity contribution >= 4 is 22.6 Å². The minimum atomic E-state index is -0.101. The Morgan fingerprint density at radius 1 is 1.11 bits per heavy atom. The van der Waals surface area contributed by atoms with Crippen molar-refractivity contribution in [3.63, 3.8) is 0 Å². The molecule has 2 aromatic rings. The second-order valence-corrected chi connectivity index (χ2v) is 6.05. The van der Waals surface area contributed by atoms with Gasteiger partial charge >= 0.3 is 0 Å². The van der Waals surface area contributed by atoms with Gasteiger partial charge in [-0.15, -0.1) is 0 Å². The predicted octanol–water partition coefficient (Wildman–Crippen LogP) is 3.88. The number of ether oxygens (including phenoxy) is 1. The van der Waals surface area contributed by atoms with Crippen molar-refractivity contribution in [1.82, 2.24) is 0 Å². The number of nitrogens with two attached hydrogens (primary N) is 1. The lowest BCUT2D eigenvalue weighted by molar-refractivity contribution is 0.303. The molecule has 0 radical (unpaired) electrons. The Morgan fingerprint density at radius 3 is 2.63 bits per heavy atom. The van der Waals surface area contributed by atoms with Gasteiger partial charge in [-0.1, -0.05) is 30.3 Å². The summed E-state index contributed by atoms with van der Waals surface area (Å²) in [4.78, 5) is 0. The summed E-state index contributed by atoms with van der Waals surface area (Å²) in [5.41, 5.74) is 8.63. The van der Waals surface area contributed by atoms with E-state index in [-0.39, 0.29) is 6.04 Å². The van der Waals surface area contributed by atoms with E-state index in [1.54, 1.807) is 0 Å². The van der Waals surface area contributed by atoms with E-state index in [2.05, 4.69) is 46.9 Å². The highest BCUT2D eigenvalue weighted by atomic mass is 127. The van der Waals surface area contributed by atoms with Gasteiger partial charge in [-0.25, -0.2) is 0 Å². The number of hydrogen-bond donors (Lipinski definition) is 1. The molecule has 3 heteroatoms. The van der Waals surface area contributed by atoms with Crippen LogP contribution in [0.3, 0.4) is 0 Å². The molecule has 2 N–H and O–H groups in total. The summed E-state index contributed by atoms with van der Waals surface area (Å²) in [5, 5.41) is 0. The van der Waals surface area contributed by atoms with Crippen molar-refractivity contribution in [2.24, 2.45) is 5.73 Å². The minimum Gasteiger partial charge on any atom is -0.490 e. The molecule has 0 heterocycles.